The van der Waals surface area contributed by atoms with Gasteiger partial charge in [0.25, 0.3) is 0 Å². The van der Waals surface area contributed by atoms with Crippen LogP contribution in [-0.4, -0.2) is 16.3 Å². The highest BCUT2D eigenvalue weighted by Crippen LogP contribution is 2.21. The van der Waals surface area contributed by atoms with Gasteiger partial charge < -0.3 is 20.6 Å². The van der Waals surface area contributed by atoms with Crippen LogP contribution in [0.2, 0.25) is 0 Å². The number of hydrogen-bond acceptors (Lipinski definition) is 5. The van der Waals surface area contributed by atoms with Crippen molar-refractivity contribution in [3.8, 4) is 5.75 Å². The van der Waals surface area contributed by atoms with Crippen LogP contribution in [0, 0.1) is 10.1 Å². The second-order valence-corrected chi connectivity index (χ2v) is 2.82. The van der Waals surface area contributed by atoms with Crippen molar-refractivity contribution < 1.29 is 22.8 Å². The lowest BCUT2D eigenvalue weighted by atomic mass is 10.2. The number of H-pyrrole nitrogens is 1. The first kappa shape index (κ1) is 13.0. The molecule has 0 radical (unpaired) electrons. The van der Waals surface area contributed by atoms with Crippen LogP contribution in [0.5, 0.6) is 5.75 Å². The summed E-state index contributed by atoms with van der Waals surface area (Å²) in [5, 5.41) is 10.4. The summed E-state index contributed by atoms with van der Waals surface area (Å²) in [7, 11) is 0. The van der Waals surface area contributed by atoms with Crippen molar-refractivity contribution in [2.75, 3.05) is 0 Å². The highest BCUT2D eigenvalue weighted by atomic mass is 19.4. The quantitative estimate of drug-likeness (QED) is 0.606. The van der Waals surface area contributed by atoms with Crippen molar-refractivity contribution in [3.63, 3.8) is 0 Å². The van der Waals surface area contributed by atoms with Crippen molar-refractivity contribution in [2.45, 2.75) is 12.9 Å². The summed E-state index contributed by atoms with van der Waals surface area (Å²) < 4.78 is 39.0. The summed E-state index contributed by atoms with van der Waals surface area (Å²) in [5.74, 6) is -1.85. The van der Waals surface area contributed by atoms with Crippen molar-refractivity contribution in [1.29, 1.82) is 0 Å². The Labute approximate surface area is 91.1 Å². The number of aromatic amines is 1. The van der Waals surface area contributed by atoms with E-state index in [1.54, 1.807) is 0 Å². The number of hydrogen-bond donors (Lipinski definition) is 2. The maximum absolute atomic E-state index is 11.9. The molecule has 0 bridgehead atoms. The van der Waals surface area contributed by atoms with Gasteiger partial charge in [-0.15, -0.1) is 13.2 Å². The second kappa shape index (κ2) is 4.41. The monoisotopic (exact) mass is 253 g/mol. The van der Waals surface area contributed by atoms with E-state index < -0.39 is 40.4 Å². The molecule has 0 atom stereocenters. The Morgan fingerprint density at radius 1 is 1.53 bits per heavy atom. The molecule has 0 fully saturated rings. The van der Waals surface area contributed by atoms with Crippen LogP contribution in [0.15, 0.2) is 11.0 Å². The van der Waals surface area contributed by atoms with Gasteiger partial charge >= 0.3 is 12.2 Å². The van der Waals surface area contributed by atoms with Gasteiger partial charge in [0.15, 0.2) is 0 Å². The van der Waals surface area contributed by atoms with Gasteiger partial charge in [0.2, 0.25) is 11.2 Å². The van der Waals surface area contributed by atoms with Crippen molar-refractivity contribution in [2.24, 2.45) is 5.73 Å². The zero-order valence-electron chi connectivity index (χ0n) is 8.08. The first-order chi connectivity index (χ1) is 7.76. The molecular formula is C7H6F3N3O4. The van der Waals surface area contributed by atoms with E-state index in [4.69, 9.17) is 5.73 Å². The molecule has 0 unspecified atom stereocenters. The predicted octanol–water partition coefficient (Wildman–Crippen LogP) is 0.640. The molecular weight excluding hydrogens is 247 g/mol. The van der Waals surface area contributed by atoms with E-state index in [0.717, 1.165) is 0 Å². The summed E-state index contributed by atoms with van der Waals surface area (Å²) >= 11 is 0. The molecule has 0 aromatic carbocycles. The van der Waals surface area contributed by atoms with Crippen LogP contribution in [0.25, 0.3) is 0 Å². The average molecular weight is 253 g/mol. The third kappa shape index (κ3) is 2.93. The average Bonchev–Trinajstić information content (AvgIpc) is 2.18. The van der Waals surface area contributed by atoms with Gasteiger partial charge in [-0.25, -0.2) is 4.98 Å². The minimum Gasteiger partial charge on any atom is -0.398 e. The van der Waals surface area contributed by atoms with Crippen molar-refractivity contribution in [1.82, 2.24) is 4.98 Å². The van der Waals surface area contributed by atoms with Gasteiger partial charge in [0.05, 0.1) is 0 Å². The Balaban J connectivity index is 3.31. The SMILES string of the molecule is NCc1c([N+](=O)[O-])[nH]cc(OC(F)(F)F)c1=O. The Morgan fingerprint density at radius 3 is 2.53 bits per heavy atom. The number of alkyl halides is 3. The number of ether oxygens (including phenoxy) is 1. The molecule has 0 spiro atoms. The lowest BCUT2D eigenvalue weighted by Crippen LogP contribution is -2.25. The first-order valence-corrected chi connectivity index (χ1v) is 4.11. The van der Waals surface area contributed by atoms with Gasteiger partial charge in [-0.05, 0) is 4.92 Å². The molecule has 1 aromatic rings. The molecule has 0 aliphatic rings. The molecule has 1 aromatic heterocycles. The zero-order valence-corrected chi connectivity index (χ0v) is 8.08. The lowest BCUT2D eigenvalue weighted by Gasteiger charge is -2.08. The van der Waals surface area contributed by atoms with Crippen LogP contribution >= 0.6 is 0 Å². The molecule has 3 N–H and O–H groups in total. The predicted molar refractivity (Wildman–Crippen MR) is 48.3 cm³/mol. The van der Waals surface area contributed by atoms with Gasteiger partial charge in [0.1, 0.15) is 11.8 Å². The molecule has 0 saturated heterocycles. The fraction of sp³-hybridized carbons (Fsp3) is 0.286. The number of nitrogens with zero attached hydrogens (tertiary/aromatic N) is 1. The van der Waals surface area contributed by atoms with Crippen LogP contribution in [0.1, 0.15) is 5.56 Å². The number of nitro groups is 1. The van der Waals surface area contributed by atoms with E-state index in [-0.39, 0.29) is 0 Å². The number of rotatable bonds is 3. The van der Waals surface area contributed by atoms with Crippen molar-refractivity contribution in [3.05, 3.63) is 32.1 Å². The van der Waals surface area contributed by atoms with Crippen LogP contribution in [0.3, 0.4) is 0 Å². The molecule has 10 heteroatoms. The first-order valence-electron chi connectivity index (χ1n) is 4.11. The number of aromatic nitrogens is 1. The highest BCUT2D eigenvalue weighted by Gasteiger charge is 2.33. The van der Waals surface area contributed by atoms with E-state index in [1.165, 1.54) is 0 Å². The molecule has 1 heterocycles. The standard InChI is InChI=1S/C7H6F3N3O4/c8-7(9,10)17-4-2-12-6(13(15)16)3(1-11)5(4)14/h2H,1,11H2,(H,12,14). The third-order valence-electron chi connectivity index (χ3n) is 1.74. The highest BCUT2D eigenvalue weighted by molar-refractivity contribution is 5.37. The summed E-state index contributed by atoms with van der Waals surface area (Å²) in [5.41, 5.74) is 3.21. The number of nitrogens with two attached hydrogens (primary N) is 1. The summed E-state index contributed by atoms with van der Waals surface area (Å²) in [6.07, 6.45) is -4.60. The Hall–Kier alpha value is -2.10. The Morgan fingerprint density at radius 2 is 2.12 bits per heavy atom. The fourth-order valence-corrected chi connectivity index (χ4v) is 1.10. The fourth-order valence-electron chi connectivity index (χ4n) is 1.10. The third-order valence-corrected chi connectivity index (χ3v) is 1.74. The van der Waals surface area contributed by atoms with Crippen LogP contribution < -0.4 is 15.9 Å². The number of nitrogens with one attached hydrogen (secondary N) is 1. The van der Waals surface area contributed by atoms with Gasteiger partial charge in [0, 0.05) is 6.54 Å². The molecule has 1 rings (SSSR count). The Bertz CT molecular complexity index is 496. The molecule has 94 valence electrons. The minimum atomic E-state index is -5.06. The van der Waals surface area contributed by atoms with Crippen LogP contribution in [-0.2, 0) is 6.54 Å². The lowest BCUT2D eigenvalue weighted by molar-refractivity contribution is -0.390. The normalized spacial score (nSPS) is 11.3. The molecule has 0 aliphatic heterocycles. The van der Waals surface area contributed by atoms with E-state index in [2.05, 4.69) is 4.74 Å². The molecule has 0 saturated carbocycles. The van der Waals surface area contributed by atoms with E-state index in [1.807, 2.05) is 4.98 Å². The zero-order chi connectivity index (χ0) is 13.2. The van der Waals surface area contributed by atoms with E-state index in [9.17, 15) is 28.1 Å². The van der Waals surface area contributed by atoms with E-state index >= 15 is 0 Å². The topological polar surface area (TPSA) is 111 Å². The van der Waals surface area contributed by atoms with Gasteiger partial charge in [-0.2, -0.15) is 0 Å². The minimum absolute atomic E-state index is 0.465. The van der Waals surface area contributed by atoms with Crippen LogP contribution in [0.4, 0.5) is 19.0 Å². The van der Waals surface area contributed by atoms with Gasteiger partial charge in [-0.3, -0.25) is 4.79 Å². The largest absolute Gasteiger partial charge is 0.573 e. The summed E-state index contributed by atoms with van der Waals surface area (Å²) in [6.45, 7) is -0.583. The summed E-state index contributed by atoms with van der Waals surface area (Å²) in [6, 6.07) is 0. The van der Waals surface area contributed by atoms with Crippen molar-refractivity contribution >= 4 is 5.82 Å². The number of halogens is 3. The molecule has 17 heavy (non-hydrogen) atoms. The van der Waals surface area contributed by atoms with E-state index in [0.29, 0.717) is 6.20 Å². The maximum atomic E-state index is 11.9. The number of pyridine rings is 1. The molecule has 0 amide bonds. The Kier molecular flexibility index (Phi) is 3.36. The molecule has 0 aliphatic carbocycles. The molecule has 7 nitrogen and oxygen atoms in total. The smallest absolute Gasteiger partial charge is 0.398 e. The van der Waals surface area contributed by atoms with Gasteiger partial charge in [-0.1, -0.05) is 0 Å². The maximum Gasteiger partial charge on any atom is 0.573 e. The summed E-state index contributed by atoms with van der Waals surface area (Å²) in [4.78, 5) is 22.8. The second-order valence-electron chi connectivity index (χ2n) is 2.82.